The zero-order chi connectivity index (χ0) is 30.3. The molecule has 0 aliphatic carbocycles. The van der Waals surface area contributed by atoms with Crippen molar-refractivity contribution in [1.29, 1.82) is 0 Å². The number of hydrogen-bond donors (Lipinski definition) is 1. The summed E-state index contributed by atoms with van der Waals surface area (Å²) in [4.78, 5) is 39.6. The Morgan fingerprint density at radius 2 is 1.62 bits per heavy atom. The fourth-order valence-corrected chi connectivity index (χ4v) is 3.17. The third kappa shape index (κ3) is 11.0. The fourth-order valence-electron chi connectivity index (χ4n) is 3.17. The average Bonchev–Trinajstić information content (AvgIpc) is 3.26. The van der Waals surface area contributed by atoms with Crippen molar-refractivity contribution in [1.82, 2.24) is 15.0 Å². The lowest BCUT2D eigenvalue weighted by Crippen LogP contribution is -2.52. The van der Waals surface area contributed by atoms with Crippen LogP contribution in [0.4, 0.5) is 33.4 Å². The maximum Gasteiger partial charge on any atom is 0.414 e. The molecule has 0 aliphatic rings. The Morgan fingerprint density at radius 1 is 1.00 bits per heavy atom. The molecule has 0 unspecified atom stereocenters. The Bertz CT molecular complexity index is 1160. The van der Waals surface area contributed by atoms with Crippen LogP contribution in [0.15, 0.2) is 34.9 Å². The molecule has 2 aromatic rings. The molecule has 40 heavy (non-hydrogen) atoms. The van der Waals surface area contributed by atoms with Gasteiger partial charge in [0.2, 0.25) is 5.88 Å². The number of likely N-dealkylation sites (N-methyl/N-ethyl adjacent to an activating group) is 1. The quantitative estimate of drug-likeness (QED) is 0.376. The van der Waals surface area contributed by atoms with Gasteiger partial charge in [-0.2, -0.15) is 0 Å². The van der Waals surface area contributed by atoms with Gasteiger partial charge in [0.15, 0.2) is 0 Å². The number of aromatic nitrogens is 1. The normalized spacial score (nSPS) is 12.5. The first-order valence-electron chi connectivity index (χ1n) is 12.3. The summed E-state index contributed by atoms with van der Waals surface area (Å²) < 4.78 is 61.0. The van der Waals surface area contributed by atoms with E-state index < -0.39 is 67.5 Å². The van der Waals surface area contributed by atoms with Gasteiger partial charge < -0.3 is 28.5 Å². The van der Waals surface area contributed by atoms with E-state index in [0.717, 1.165) is 9.80 Å². The number of benzene rings is 1. The van der Waals surface area contributed by atoms with Gasteiger partial charge in [0.25, 0.3) is 6.43 Å². The molecule has 0 spiro atoms. The zero-order valence-corrected chi connectivity index (χ0v) is 23.5. The van der Waals surface area contributed by atoms with Gasteiger partial charge in [-0.05, 0) is 53.7 Å². The van der Waals surface area contributed by atoms with E-state index >= 15 is 0 Å². The van der Waals surface area contributed by atoms with Gasteiger partial charge in [-0.3, -0.25) is 5.32 Å². The highest BCUT2D eigenvalue weighted by Gasteiger charge is 2.32. The highest BCUT2D eigenvalue weighted by Crippen LogP contribution is 2.22. The van der Waals surface area contributed by atoms with Crippen LogP contribution in [-0.2, 0) is 14.2 Å². The average molecular weight is 573 g/mol. The third-order valence-corrected chi connectivity index (χ3v) is 4.93. The number of rotatable bonds is 9. The number of halogens is 3. The van der Waals surface area contributed by atoms with Crippen molar-refractivity contribution >= 4 is 24.2 Å². The Kier molecular flexibility index (Phi) is 10.8. The van der Waals surface area contributed by atoms with Crippen molar-refractivity contribution in [3.8, 4) is 11.3 Å². The Labute approximate surface area is 230 Å². The molecular formula is C26H35F3N4O7. The second-order valence-corrected chi connectivity index (χ2v) is 10.8. The SMILES string of the molecule is CN(C(=O)OC(C)(C)C)[C@H](COC(=O)Nc1cc(-c2cccc(F)c2)no1)CN(CC(F)F)C(=O)OC(C)(C)C. The predicted octanol–water partition coefficient (Wildman–Crippen LogP) is 5.77. The van der Waals surface area contributed by atoms with Crippen LogP contribution in [0.2, 0.25) is 0 Å². The molecule has 0 bridgehead atoms. The summed E-state index contributed by atoms with van der Waals surface area (Å²) >= 11 is 0. The van der Waals surface area contributed by atoms with Crippen LogP contribution in [0.3, 0.4) is 0 Å². The minimum atomic E-state index is -2.90. The van der Waals surface area contributed by atoms with Crippen molar-refractivity contribution in [2.75, 3.05) is 32.1 Å². The van der Waals surface area contributed by atoms with Crippen LogP contribution in [0.25, 0.3) is 11.3 Å². The van der Waals surface area contributed by atoms with Gasteiger partial charge in [-0.1, -0.05) is 17.3 Å². The molecule has 0 fully saturated rings. The highest BCUT2D eigenvalue weighted by atomic mass is 19.3. The summed E-state index contributed by atoms with van der Waals surface area (Å²) in [5, 5.41) is 6.07. The molecule has 0 aliphatic heterocycles. The molecule has 2 rings (SSSR count). The molecule has 222 valence electrons. The lowest BCUT2D eigenvalue weighted by molar-refractivity contribution is -0.00912. The van der Waals surface area contributed by atoms with Crippen LogP contribution in [-0.4, -0.2) is 83.6 Å². The Morgan fingerprint density at radius 3 is 2.20 bits per heavy atom. The van der Waals surface area contributed by atoms with Crippen molar-refractivity contribution in [2.24, 2.45) is 0 Å². The van der Waals surface area contributed by atoms with Gasteiger partial charge in [0.05, 0.1) is 12.6 Å². The number of anilines is 1. The zero-order valence-electron chi connectivity index (χ0n) is 23.5. The second-order valence-electron chi connectivity index (χ2n) is 10.8. The maximum atomic E-state index is 13.5. The molecule has 1 atom stereocenters. The van der Waals surface area contributed by atoms with E-state index in [4.69, 9.17) is 18.7 Å². The monoisotopic (exact) mass is 572 g/mol. The van der Waals surface area contributed by atoms with E-state index in [-0.39, 0.29) is 11.6 Å². The summed E-state index contributed by atoms with van der Waals surface area (Å²) in [6, 6.07) is 5.80. The summed E-state index contributed by atoms with van der Waals surface area (Å²) in [5.74, 6) is -0.601. The number of nitrogens with one attached hydrogen (secondary N) is 1. The lowest BCUT2D eigenvalue weighted by atomic mass is 10.1. The van der Waals surface area contributed by atoms with E-state index in [1.807, 2.05) is 0 Å². The minimum Gasteiger partial charge on any atom is -0.447 e. The molecule has 11 nitrogen and oxygen atoms in total. The largest absolute Gasteiger partial charge is 0.447 e. The molecule has 1 aromatic heterocycles. The van der Waals surface area contributed by atoms with Crippen LogP contribution in [0.1, 0.15) is 41.5 Å². The molecule has 0 radical (unpaired) electrons. The summed E-state index contributed by atoms with van der Waals surface area (Å²) in [7, 11) is 1.32. The Balaban J connectivity index is 2.17. The van der Waals surface area contributed by atoms with E-state index in [1.165, 1.54) is 31.3 Å². The Hall–Kier alpha value is -3.97. The van der Waals surface area contributed by atoms with Crippen molar-refractivity contribution in [3.05, 3.63) is 36.1 Å². The van der Waals surface area contributed by atoms with E-state index in [9.17, 15) is 27.6 Å². The first kappa shape index (κ1) is 32.2. The van der Waals surface area contributed by atoms with Crippen molar-refractivity contribution < 1.29 is 46.3 Å². The third-order valence-electron chi connectivity index (χ3n) is 4.93. The molecule has 0 saturated heterocycles. The topological polar surface area (TPSA) is 123 Å². The van der Waals surface area contributed by atoms with Gasteiger partial charge >= 0.3 is 18.3 Å². The molecule has 1 aromatic carbocycles. The van der Waals surface area contributed by atoms with Gasteiger partial charge in [-0.15, -0.1) is 0 Å². The number of alkyl halides is 2. The van der Waals surface area contributed by atoms with Crippen LogP contribution in [0, 0.1) is 5.82 Å². The first-order valence-corrected chi connectivity index (χ1v) is 12.3. The van der Waals surface area contributed by atoms with Crippen molar-refractivity contribution in [2.45, 2.75) is 65.2 Å². The maximum absolute atomic E-state index is 13.5. The van der Waals surface area contributed by atoms with Crippen LogP contribution < -0.4 is 5.32 Å². The van der Waals surface area contributed by atoms with E-state index in [2.05, 4.69) is 10.5 Å². The second kappa shape index (κ2) is 13.4. The lowest BCUT2D eigenvalue weighted by Gasteiger charge is -2.34. The number of carbonyl (C=O) groups is 3. The number of amides is 3. The molecule has 0 saturated carbocycles. The van der Waals surface area contributed by atoms with Crippen LogP contribution in [0.5, 0.6) is 0 Å². The van der Waals surface area contributed by atoms with Gasteiger partial charge in [-0.25, -0.2) is 27.6 Å². The van der Waals surface area contributed by atoms with E-state index in [0.29, 0.717) is 5.56 Å². The molecule has 1 N–H and O–H groups in total. The summed E-state index contributed by atoms with van der Waals surface area (Å²) in [5.41, 5.74) is -1.20. The van der Waals surface area contributed by atoms with Crippen molar-refractivity contribution in [3.63, 3.8) is 0 Å². The molecule has 14 heteroatoms. The van der Waals surface area contributed by atoms with Crippen LogP contribution >= 0.6 is 0 Å². The predicted molar refractivity (Wildman–Crippen MR) is 138 cm³/mol. The first-order chi connectivity index (χ1) is 18.4. The number of hydrogen-bond acceptors (Lipinski definition) is 8. The summed E-state index contributed by atoms with van der Waals surface area (Å²) in [6.45, 7) is 7.67. The van der Waals surface area contributed by atoms with E-state index in [1.54, 1.807) is 47.6 Å². The minimum absolute atomic E-state index is 0.116. The highest BCUT2D eigenvalue weighted by molar-refractivity contribution is 5.83. The molecule has 1 heterocycles. The van der Waals surface area contributed by atoms with Gasteiger partial charge in [0.1, 0.15) is 29.3 Å². The number of ether oxygens (including phenoxy) is 3. The fraction of sp³-hybridized carbons (Fsp3) is 0.538. The number of nitrogens with zero attached hydrogens (tertiary/aromatic N) is 3. The summed E-state index contributed by atoms with van der Waals surface area (Å²) in [6.07, 6.45) is -5.80. The molecule has 3 amide bonds. The number of carbonyl (C=O) groups excluding carboxylic acids is 3. The molecular weight excluding hydrogens is 537 g/mol. The van der Waals surface area contributed by atoms with Gasteiger partial charge in [0, 0.05) is 25.2 Å². The smallest absolute Gasteiger partial charge is 0.414 e. The standard InChI is InChI=1S/C26H35F3N4O7/c1-25(2,3)38-23(35)32(7)18(13-33(14-20(28)29)24(36)39-26(4,5)6)15-37-22(34)30-21-12-19(31-40-21)16-9-8-10-17(27)11-16/h8-12,18,20H,13-15H2,1-7H3,(H,30,34)/t18-/m0/s1.